The van der Waals surface area contributed by atoms with Gasteiger partial charge in [-0.3, -0.25) is 10.1 Å². The van der Waals surface area contributed by atoms with Crippen LogP contribution < -0.4 is 5.32 Å². The van der Waals surface area contributed by atoms with Crippen LogP contribution in [0.25, 0.3) is 0 Å². The Bertz CT molecular complexity index is 202. The van der Waals surface area contributed by atoms with E-state index in [2.05, 4.69) is 17.9 Å². The zero-order valence-corrected chi connectivity index (χ0v) is 6.61. The van der Waals surface area contributed by atoms with Gasteiger partial charge in [-0.25, -0.2) is 4.79 Å². The predicted octanol–water partition coefficient (Wildman–Crippen LogP) is -0.186. The van der Waals surface area contributed by atoms with Gasteiger partial charge in [0.2, 0.25) is 0 Å². The average Bonchev–Trinajstić information content (AvgIpc) is 1.97. The maximum absolute atomic E-state index is 10.9. The Morgan fingerprint density at radius 2 is 2.10 bits per heavy atom. The van der Waals surface area contributed by atoms with Crippen LogP contribution in [0.4, 0.5) is 4.79 Å². The minimum absolute atomic E-state index is 0.372. The SMILES string of the molecule is CN1C(=O)NC(=O)C1(C)S. The molecule has 1 aliphatic heterocycles. The fourth-order valence-corrected chi connectivity index (χ4v) is 0.796. The number of hydrogen-bond acceptors (Lipinski definition) is 3. The van der Waals surface area contributed by atoms with Crippen LogP contribution >= 0.6 is 12.6 Å². The number of carbonyl (C=O) groups excluding carboxylic acids is 2. The number of carbonyl (C=O) groups is 2. The monoisotopic (exact) mass is 160 g/mol. The van der Waals surface area contributed by atoms with Crippen molar-refractivity contribution in [3.05, 3.63) is 0 Å². The minimum atomic E-state index is -0.989. The Morgan fingerprint density at radius 1 is 1.60 bits per heavy atom. The van der Waals surface area contributed by atoms with E-state index in [0.29, 0.717) is 0 Å². The smallest absolute Gasteiger partial charge is 0.304 e. The summed E-state index contributed by atoms with van der Waals surface area (Å²) in [6, 6.07) is -0.400. The molecule has 5 heteroatoms. The molecule has 1 rings (SSSR count). The van der Waals surface area contributed by atoms with Gasteiger partial charge >= 0.3 is 6.03 Å². The molecule has 0 spiro atoms. The summed E-state index contributed by atoms with van der Waals surface area (Å²) in [4.78, 5) is 21.9. The molecule has 0 aromatic carbocycles. The lowest BCUT2D eigenvalue weighted by Gasteiger charge is -2.21. The number of thiol groups is 1. The lowest BCUT2D eigenvalue weighted by atomic mass is 10.3. The second kappa shape index (κ2) is 1.88. The average molecular weight is 160 g/mol. The van der Waals surface area contributed by atoms with E-state index in [1.54, 1.807) is 6.92 Å². The zero-order chi connectivity index (χ0) is 7.94. The summed E-state index contributed by atoms with van der Waals surface area (Å²) in [7, 11) is 1.52. The van der Waals surface area contributed by atoms with Crippen molar-refractivity contribution < 1.29 is 9.59 Å². The van der Waals surface area contributed by atoms with Gasteiger partial charge < -0.3 is 4.90 Å². The van der Waals surface area contributed by atoms with Gasteiger partial charge in [-0.05, 0) is 6.92 Å². The van der Waals surface area contributed by atoms with Gasteiger partial charge in [0.05, 0.1) is 0 Å². The molecule has 1 saturated heterocycles. The number of amides is 3. The molecule has 1 aliphatic rings. The molecule has 0 aliphatic carbocycles. The van der Waals surface area contributed by atoms with Gasteiger partial charge in [-0.2, -0.15) is 0 Å². The standard InChI is InChI=1S/C5H8N2O2S/c1-5(10)3(8)6-4(9)7(5)2/h10H,1-2H3,(H,6,8,9). The molecule has 1 fully saturated rings. The van der Waals surface area contributed by atoms with Crippen LogP contribution in [0.2, 0.25) is 0 Å². The second-order valence-corrected chi connectivity index (χ2v) is 3.21. The van der Waals surface area contributed by atoms with Gasteiger partial charge in [0.1, 0.15) is 0 Å². The third kappa shape index (κ3) is 0.775. The van der Waals surface area contributed by atoms with Crippen molar-refractivity contribution >= 4 is 24.6 Å². The Labute approximate surface area is 64.0 Å². The van der Waals surface area contributed by atoms with E-state index in [0.717, 1.165) is 0 Å². The molecule has 0 aromatic heterocycles. The summed E-state index contributed by atoms with van der Waals surface area (Å²) in [6.07, 6.45) is 0. The predicted molar refractivity (Wildman–Crippen MR) is 38.7 cm³/mol. The number of hydrogen-bond donors (Lipinski definition) is 2. The summed E-state index contributed by atoms with van der Waals surface area (Å²) in [6.45, 7) is 1.57. The third-order valence-corrected chi connectivity index (χ3v) is 2.11. The van der Waals surface area contributed by atoms with Crippen molar-refractivity contribution in [2.24, 2.45) is 0 Å². The number of nitrogens with zero attached hydrogens (tertiary/aromatic N) is 1. The molecule has 0 radical (unpaired) electrons. The van der Waals surface area contributed by atoms with Crippen LogP contribution in [0.3, 0.4) is 0 Å². The van der Waals surface area contributed by atoms with Crippen molar-refractivity contribution in [3.8, 4) is 0 Å². The Morgan fingerprint density at radius 3 is 2.20 bits per heavy atom. The lowest BCUT2D eigenvalue weighted by Crippen LogP contribution is -2.38. The number of rotatable bonds is 0. The Kier molecular flexibility index (Phi) is 1.39. The van der Waals surface area contributed by atoms with Crippen molar-refractivity contribution in [1.82, 2.24) is 10.2 Å². The maximum Gasteiger partial charge on any atom is 0.325 e. The van der Waals surface area contributed by atoms with Crippen LogP contribution in [0.15, 0.2) is 0 Å². The summed E-state index contributed by atoms with van der Waals surface area (Å²) >= 11 is 3.99. The molecule has 3 amide bonds. The number of nitrogens with one attached hydrogen (secondary N) is 1. The first kappa shape index (κ1) is 7.40. The molecule has 10 heavy (non-hydrogen) atoms. The Hall–Kier alpha value is -0.710. The summed E-state index contributed by atoms with van der Waals surface area (Å²) in [5.41, 5.74) is 0. The van der Waals surface area contributed by atoms with Crippen LogP contribution in [0.1, 0.15) is 6.92 Å². The van der Waals surface area contributed by atoms with E-state index in [-0.39, 0.29) is 5.91 Å². The van der Waals surface area contributed by atoms with Crippen LogP contribution in [0, 0.1) is 0 Å². The first-order chi connectivity index (χ1) is 4.46. The largest absolute Gasteiger partial charge is 0.325 e. The quantitative estimate of drug-likeness (QED) is 0.381. The molecule has 1 atom stereocenters. The summed E-state index contributed by atoms with van der Waals surface area (Å²) < 4.78 is 0. The van der Waals surface area contributed by atoms with Crippen molar-refractivity contribution in [3.63, 3.8) is 0 Å². The third-order valence-electron chi connectivity index (χ3n) is 1.61. The fraction of sp³-hybridized carbons (Fsp3) is 0.600. The molecule has 0 saturated carbocycles. The molecule has 1 heterocycles. The molecule has 1 unspecified atom stereocenters. The maximum atomic E-state index is 10.9. The first-order valence-electron chi connectivity index (χ1n) is 2.78. The van der Waals surface area contributed by atoms with E-state index < -0.39 is 10.9 Å². The van der Waals surface area contributed by atoms with E-state index in [1.165, 1.54) is 11.9 Å². The zero-order valence-electron chi connectivity index (χ0n) is 5.71. The topological polar surface area (TPSA) is 49.4 Å². The number of likely N-dealkylation sites (N-methyl/N-ethyl adjacent to an activating group) is 1. The molecular formula is C5H8N2O2S. The summed E-state index contributed by atoms with van der Waals surface area (Å²) in [5, 5.41) is 2.13. The molecule has 0 bridgehead atoms. The highest BCUT2D eigenvalue weighted by atomic mass is 32.1. The molecule has 1 N–H and O–H groups in total. The van der Waals surface area contributed by atoms with Crippen molar-refractivity contribution in [1.29, 1.82) is 0 Å². The van der Waals surface area contributed by atoms with E-state index in [1.807, 2.05) is 0 Å². The highest BCUT2D eigenvalue weighted by molar-refractivity contribution is 7.82. The van der Waals surface area contributed by atoms with E-state index >= 15 is 0 Å². The van der Waals surface area contributed by atoms with Gasteiger partial charge in [-0.15, -0.1) is 12.6 Å². The molecular weight excluding hydrogens is 152 g/mol. The fourth-order valence-electron chi connectivity index (χ4n) is 0.649. The molecule has 4 nitrogen and oxygen atoms in total. The van der Waals surface area contributed by atoms with Crippen molar-refractivity contribution in [2.75, 3.05) is 7.05 Å². The lowest BCUT2D eigenvalue weighted by molar-refractivity contribution is -0.121. The number of urea groups is 1. The first-order valence-corrected chi connectivity index (χ1v) is 3.22. The molecule has 0 aromatic rings. The number of imide groups is 1. The Balaban J connectivity index is 2.96. The normalized spacial score (nSPS) is 32.9. The van der Waals surface area contributed by atoms with Crippen LogP contribution in [-0.4, -0.2) is 28.8 Å². The van der Waals surface area contributed by atoms with E-state index in [4.69, 9.17) is 0 Å². The minimum Gasteiger partial charge on any atom is -0.304 e. The van der Waals surface area contributed by atoms with Crippen LogP contribution in [-0.2, 0) is 4.79 Å². The summed E-state index contributed by atoms with van der Waals surface area (Å²) in [5.74, 6) is -0.372. The van der Waals surface area contributed by atoms with Gasteiger partial charge in [0.25, 0.3) is 5.91 Å². The van der Waals surface area contributed by atoms with Gasteiger partial charge in [-0.1, -0.05) is 0 Å². The van der Waals surface area contributed by atoms with Crippen molar-refractivity contribution in [2.45, 2.75) is 11.8 Å². The van der Waals surface area contributed by atoms with E-state index in [9.17, 15) is 9.59 Å². The van der Waals surface area contributed by atoms with Gasteiger partial charge in [0.15, 0.2) is 4.87 Å². The second-order valence-electron chi connectivity index (χ2n) is 2.34. The highest BCUT2D eigenvalue weighted by Gasteiger charge is 2.44. The van der Waals surface area contributed by atoms with Gasteiger partial charge in [0, 0.05) is 7.05 Å². The molecule has 56 valence electrons. The van der Waals surface area contributed by atoms with Crippen LogP contribution in [0.5, 0.6) is 0 Å². The highest BCUT2D eigenvalue weighted by Crippen LogP contribution is 2.22.